The Labute approximate surface area is 114 Å². The van der Waals surface area contributed by atoms with Gasteiger partial charge in [-0.05, 0) is 30.9 Å². The van der Waals surface area contributed by atoms with E-state index in [1.54, 1.807) is 11.4 Å². The van der Waals surface area contributed by atoms with Gasteiger partial charge in [0, 0.05) is 38.5 Å². The van der Waals surface area contributed by atoms with Crippen LogP contribution in [0.25, 0.3) is 0 Å². The van der Waals surface area contributed by atoms with Crippen molar-refractivity contribution < 1.29 is 13.5 Å². The fourth-order valence-electron chi connectivity index (χ4n) is 2.56. The Hall–Kier alpha value is 0.180. The standard InChI is InChI=1S/C11H22N2O3S2/c1-12(11-4-6-17-9-11)18(15,16)13-5-2-3-10(7-13)8-14/h10-11,14H,2-9H2,1H3. The molecule has 7 heteroatoms. The van der Waals surface area contributed by atoms with Crippen LogP contribution >= 0.6 is 11.8 Å². The Morgan fingerprint density at radius 1 is 1.44 bits per heavy atom. The van der Waals surface area contributed by atoms with Crippen LogP contribution in [0.3, 0.4) is 0 Å². The summed E-state index contributed by atoms with van der Waals surface area (Å²) in [6.45, 7) is 1.13. The van der Waals surface area contributed by atoms with Crippen LogP contribution < -0.4 is 0 Å². The van der Waals surface area contributed by atoms with E-state index < -0.39 is 10.2 Å². The highest BCUT2D eigenvalue weighted by Crippen LogP contribution is 2.26. The third kappa shape index (κ3) is 3.01. The van der Waals surface area contributed by atoms with Crippen molar-refractivity contribution in [2.45, 2.75) is 25.3 Å². The summed E-state index contributed by atoms with van der Waals surface area (Å²) in [4.78, 5) is 0. The van der Waals surface area contributed by atoms with Crippen molar-refractivity contribution >= 4 is 22.0 Å². The lowest BCUT2D eigenvalue weighted by Crippen LogP contribution is -2.50. The smallest absolute Gasteiger partial charge is 0.282 e. The van der Waals surface area contributed by atoms with Gasteiger partial charge < -0.3 is 5.11 Å². The summed E-state index contributed by atoms with van der Waals surface area (Å²) in [6.07, 6.45) is 2.71. The van der Waals surface area contributed by atoms with Crippen molar-refractivity contribution in [2.75, 3.05) is 38.2 Å². The number of aliphatic hydroxyl groups is 1. The van der Waals surface area contributed by atoms with Gasteiger partial charge in [0.2, 0.25) is 0 Å². The molecule has 0 aromatic heterocycles. The highest BCUT2D eigenvalue weighted by Gasteiger charge is 2.35. The molecule has 2 heterocycles. The molecule has 2 atom stereocenters. The fourth-order valence-corrected chi connectivity index (χ4v) is 5.61. The van der Waals surface area contributed by atoms with Crippen molar-refractivity contribution in [2.24, 2.45) is 5.92 Å². The van der Waals surface area contributed by atoms with Crippen LogP contribution in [0.2, 0.25) is 0 Å². The SMILES string of the molecule is CN(C1CCSC1)S(=O)(=O)N1CCCC(CO)C1. The lowest BCUT2D eigenvalue weighted by molar-refractivity contribution is 0.160. The molecule has 18 heavy (non-hydrogen) atoms. The lowest BCUT2D eigenvalue weighted by Gasteiger charge is -2.35. The van der Waals surface area contributed by atoms with Gasteiger partial charge in [-0.2, -0.15) is 28.8 Å². The van der Waals surface area contributed by atoms with Crippen LogP contribution in [0.4, 0.5) is 0 Å². The molecule has 2 unspecified atom stereocenters. The largest absolute Gasteiger partial charge is 0.396 e. The van der Waals surface area contributed by atoms with Crippen molar-refractivity contribution in [3.8, 4) is 0 Å². The number of nitrogens with zero attached hydrogens (tertiary/aromatic N) is 2. The summed E-state index contributed by atoms with van der Waals surface area (Å²) in [5, 5.41) is 9.19. The van der Waals surface area contributed by atoms with Gasteiger partial charge >= 0.3 is 0 Å². The average molecular weight is 294 g/mol. The molecule has 106 valence electrons. The number of hydrogen-bond acceptors (Lipinski definition) is 4. The quantitative estimate of drug-likeness (QED) is 0.814. The second-order valence-corrected chi connectivity index (χ2v) is 8.23. The Kier molecular flexibility index (Phi) is 4.93. The molecule has 0 bridgehead atoms. The van der Waals surface area contributed by atoms with Crippen molar-refractivity contribution in [1.29, 1.82) is 0 Å². The minimum Gasteiger partial charge on any atom is -0.396 e. The molecule has 2 aliphatic rings. The van der Waals surface area contributed by atoms with Crippen molar-refractivity contribution in [3.63, 3.8) is 0 Å². The van der Waals surface area contributed by atoms with Gasteiger partial charge in [-0.1, -0.05) is 0 Å². The average Bonchev–Trinajstić information content (AvgIpc) is 2.91. The predicted molar refractivity (Wildman–Crippen MR) is 73.8 cm³/mol. The first kappa shape index (κ1) is 14.6. The Morgan fingerprint density at radius 2 is 2.22 bits per heavy atom. The second-order valence-electron chi connectivity index (χ2n) is 5.09. The topological polar surface area (TPSA) is 60.9 Å². The summed E-state index contributed by atoms with van der Waals surface area (Å²) in [5.41, 5.74) is 0. The zero-order chi connectivity index (χ0) is 13.2. The highest BCUT2D eigenvalue weighted by atomic mass is 32.2. The number of hydrogen-bond donors (Lipinski definition) is 1. The molecule has 0 amide bonds. The Bertz CT molecular complexity index is 368. The number of aliphatic hydroxyl groups excluding tert-OH is 1. The van der Waals surface area contributed by atoms with E-state index in [2.05, 4.69) is 0 Å². The van der Waals surface area contributed by atoms with Crippen LogP contribution in [0, 0.1) is 5.92 Å². The van der Waals surface area contributed by atoms with Gasteiger partial charge in [0.05, 0.1) is 0 Å². The monoisotopic (exact) mass is 294 g/mol. The normalized spacial score (nSPS) is 31.1. The zero-order valence-corrected chi connectivity index (χ0v) is 12.4. The van der Waals surface area contributed by atoms with E-state index in [0.717, 1.165) is 30.8 Å². The molecule has 1 N–H and O–H groups in total. The van der Waals surface area contributed by atoms with Crippen LogP contribution in [-0.2, 0) is 10.2 Å². The second kappa shape index (κ2) is 6.09. The number of thioether (sulfide) groups is 1. The van der Waals surface area contributed by atoms with E-state index in [9.17, 15) is 13.5 Å². The molecule has 0 aromatic rings. The molecule has 2 aliphatic heterocycles. The van der Waals surface area contributed by atoms with E-state index in [0.29, 0.717) is 13.1 Å². The molecular formula is C11H22N2O3S2. The summed E-state index contributed by atoms with van der Waals surface area (Å²) >= 11 is 1.81. The molecule has 0 aromatic carbocycles. The fraction of sp³-hybridized carbons (Fsp3) is 1.00. The van der Waals surface area contributed by atoms with E-state index in [1.807, 2.05) is 11.8 Å². The van der Waals surface area contributed by atoms with Gasteiger partial charge in [0.1, 0.15) is 0 Å². The van der Waals surface area contributed by atoms with E-state index >= 15 is 0 Å². The van der Waals surface area contributed by atoms with Gasteiger partial charge in [-0.25, -0.2) is 0 Å². The first-order valence-corrected chi connectivity index (χ1v) is 9.02. The van der Waals surface area contributed by atoms with Crippen molar-refractivity contribution in [3.05, 3.63) is 0 Å². The summed E-state index contributed by atoms with van der Waals surface area (Å²) in [6, 6.07) is 0.134. The minimum atomic E-state index is -3.35. The maximum absolute atomic E-state index is 12.5. The summed E-state index contributed by atoms with van der Waals surface area (Å²) < 4.78 is 28.1. The molecule has 0 spiro atoms. The first-order chi connectivity index (χ1) is 8.55. The third-order valence-corrected chi connectivity index (χ3v) is 7.01. The summed E-state index contributed by atoms with van der Waals surface area (Å²) in [5.74, 6) is 2.04. The molecule has 0 aliphatic carbocycles. The Balaban J connectivity index is 2.04. The van der Waals surface area contributed by atoms with Gasteiger partial charge in [0.15, 0.2) is 0 Å². The predicted octanol–water partition coefficient (Wildman–Crippen LogP) is 0.373. The first-order valence-electron chi connectivity index (χ1n) is 6.47. The van der Waals surface area contributed by atoms with E-state index in [-0.39, 0.29) is 18.6 Å². The molecule has 0 radical (unpaired) electrons. The number of piperidine rings is 1. The van der Waals surface area contributed by atoms with E-state index in [4.69, 9.17) is 0 Å². The molecule has 2 saturated heterocycles. The molecule has 2 rings (SSSR count). The Morgan fingerprint density at radius 3 is 2.83 bits per heavy atom. The molecule has 5 nitrogen and oxygen atoms in total. The van der Waals surface area contributed by atoms with Crippen LogP contribution in [0.5, 0.6) is 0 Å². The van der Waals surface area contributed by atoms with Gasteiger partial charge in [0.25, 0.3) is 10.2 Å². The summed E-state index contributed by atoms with van der Waals surface area (Å²) in [7, 11) is -1.66. The van der Waals surface area contributed by atoms with E-state index in [1.165, 1.54) is 4.31 Å². The van der Waals surface area contributed by atoms with Gasteiger partial charge in [-0.15, -0.1) is 0 Å². The zero-order valence-electron chi connectivity index (χ0n) is 10.8. The van der Waals surface area contributed by atoms with Crippen LogP contribution in [-0.4, -0.2) is 66.4 Å². The maximum Gasteiger partial charge on any atom is 0.282 e. The van der Waals surface area contributed by atoms with Crippen LogP contribution in [0.15, 0.2) is 0 Å². The maximum atomic E-state index is 12.5. The molecular weight excluding hydrogens is 272 g/mol. The molecule has 2 fully saturated rings. The van der Waals surface area contributed by atoms with Crippen molar-refractivity contribution in [1.82, 2.24) is 8.61 Å². The number of rotatable bonds is 4. The minimum absolute atomic E-state index is 0.0784. The lowest BCUT2D eigenvalue weighted by atomic mass is 10.0. The van der Waals surface area contributed by atoms with Gasteiger partial charge in [-0.3, -0.25) is 0 Å². The molecule has 0 saturated carbocycles. The third-order valence-electron chi connectivity index (χ3n) is 3.85. The van der Waals surface area contributed by atoms with Crippen LogP contribution in [0.1, 0.15) is 19.3 Å². The highest BCUT2D eigenvalue weighted by molar-refractivity contribution is 7.99.